The van der Waals surface area contributed by atoms with Gasteiger partial charge in [-0.3, -0.25) is 0 Å². The van der Waals surface area contributed by atoms with Crippen molar-refractivity contribution in [2.24, 2.45) is 23.7 Å². The van der Waals surface area contributed by atoms with Gasteiger partial charge in [-0.2, -0.15) is 0 Å². The van der Waals surface area contributed by atoms with E-state index in [0.717, 1.165) is 23.7 Å². The van der Waals surface area contributed by atoms with E-state index in [-0.39, 0.29) is 1.43 Å². The minimum atomic E-state index is 0. The van der Waals surface area contributed by atoms with Crippen LogP contribution in [0.1, 0.15) is 424 Å². The van der Waals surface area contributed by atoms with Gasteiger partial charge in [0.1, 0.15) is 0 Å². The van der Waals surface area contributed by atoms with Gasteiger partial charge in [-0.05, 0) is 141 Å². The van der Waals surface area contributed by atoms with Crippen LogP contribution in [0.25, 0.3) is 0 Å². The van der Waals surface area contributed by atoms with Crippen molar-refractivity contribution in [1.29, 1.82) is 0 Å². The summed E-state index contributed by atoms with van der Waals surface area (Å²) in [5.74, 6) is 3.70. The molecule has 0 bridgehead atoms. The molecule has 4 atom stereocenters. The van der Waals surface area contributed by atoms with Gasteiger partial charge in [0, 0.05) is 33.6 Å². The summed E-state index contributed by atoms with van der Waals surface area (Å²) in [6.45, 7) is 34.0. The van der Waals surface area contributed by atoms with E-state index in [0.29, 0.717) is 6.04 Å². The second-order valence-electron chi connectivity index (χ2n) is 29.0. The summed E-state index contributed by atoms with van der Waals surface area (Å²) in [5, 5.41) is 3.63. The minimum absolute atomic E-state index is 0. The van der Waals surface area contributed by atoms with Crippen LogP contribution in [0.2, 0.25) is 0 Å². The van der Waals surface area contributed by atoms with E-state index in [1.165, 1.54) is 406 Å². The van der Waals surface area contributed by atoms with Crippen molar-refractivity contribution in [2.75, 3.05) is 66.5 Å². The van der Waals surface area contributed by atoms with Crippen molar-refractivity contribution in [1.82, 2.24) is 20.0 Å². The molecule has 0 spiro atoms. The van der Waals surface area contributed by atoms with E-state index in [2.05, 4.69) is 103 Å². The molecular formula is C80H170N4. The summed E-state index contributed by atoms with van der Waals surface area (Å²) in [6.07, 6.45) is 78.9. The van der Waals surface area contributed by atoms with E-state index in [9.17, 15) is 0 Å². The average molecular weight is 1190 g/mol. The number of unbranched alkanes of at least 4 members (excludes halogenated alkanes) is 37. The minimum Gasteiger partial charge on any atom is -0.315 e. The van der Waals surface area contributed by atoms with E-state index >= 15 is 0 Å². The van der Waals surface area contributed by atoms with Crippen LogP contribution in [0.4, 0.5) is 0 Å². The summed E-state index contributed by atoms with van der Waals surface area (Å²) in [6, 6.07) is 0.618. The summed E-state index contributed by atoms with van der Waals surface area (Å²) in [4.78, 5) is 8.36. The first-order valence-corrected chi connectivity index (χ1v) is 40.0. The lowest BCUT2D eigenvalue weighted by Crippen LogP contribution is -2.35. The van der Waals surface area contributed by atoms with Gasteiger partial charge < -0.3 is 20.0 Å². The van der Waals surface area contributed by atoms with Crippen LogP contribution in [-0.4, -0.2) is 87.2 Å². The monoisotopic (exact) mass is 1190 g/mol. The maximum atomic E-state index is 3.63. The third-order valence-corrected chi connectivity index (χ3v) is 19.3. The molecule has 0 rings (SSSR count). The highest BCUT2D eigenvalue weighted by atomic mass is 15.1. The predicted octanol–water partition coefficient (Wildman–Crippen LogP) is 26.5. The lowest BCUT2D eigenvalue weighted by Gasteiger charge is -2.32. The smallest absolute Gasteiger partial charge is 0.00103 e. The molecule has 0 aliphatic carbocycles. The van der Waals surface area contributed by atoms with Crippen molar-refractivity contribution in [3.05, 3.63) is 0 Å². The first kappa shape index (κ1) is 85.9. The van der Waals surface area contributed by atoms with Crippen molar-refractivity contribution in [3.8, 4) is 0 Å². The van der Waals surface area contributed by atoms with E-state index in [1.54, 1.807) is 0 Å². The lowest BCUT2D eigenvalue weighted by atomic mass is 9.91. The van der Waals surface area contributed by atoms with Crippen LogP contribution in [0, 0.1) is 23.7 Å². The molecule has 4 nitrogen and oxygen atoms in total. The fourth-order valence-electron chi connectivity index (χ4n) is 13.7. The quantitative estimate of drug-likeness (QED) is 0.0613. The van der Waals surface area contributed by atoms with Gasteiger partial charge in [-0.25, -0.2) is 0 Å². The molecule has 0 aromatic heterocycles. The Kier molecular flexibility index (Phi) is 73.5. The third kappa shape index (κ3) is 66.3. The van der Waals surface area contributed by atoms with Crippen LogP contribution >= 0.6 is 0 Å². The van der Waals surface area contributed by atoms with Crippen molar-refractivity contribution in [3.63, 3.8) is 0 Å². The zero-order valence-corrected chi connectivity index (χ0v) is 61.3. The molecule has 4 unspecified atom stereocenters. The van der Waals surface area contributed by atoms with Crippen LogP contribution in [0.3, 0.4) is 0 Å². The molecule has 0 aromatic rings. The molecule has 4 heteroatoms. The Morgan fingerprint density at radius 3 is 0.655 bits per heavy atom. The molecule has 0 heterocycles. The number of rotatable bonds is 70. The molecule has 84 heavy (non-hydrogen) atoms. The second-order valence-corrected chi connectivity index (χ2v) is 29.0. The normalized spacial score (nSPS) is 13.4. The highest BCUT2D eigenvalue weighted by molar-refractivity contribution is 4.75. The van der Waals surface area contributed by atoms with Crippen LogP contribution < -0.4 is 5.32 Å². The maximum Gasteiger partial charge on any atom is 0.00103 e. The van der Waals surface area contributed by atoms with E-state index in [1.807, 2.05) is 0 Å². The predicted molar refractivity (Wildman–Crippen MR) is 390 cm³/mol. The molecule has 0 aromatic carbocycles. The Labute approximate surface area is 537 Å². The summed E-state index contributed by atoms with van der Waals surface area (Å²) in [7, 11) is 4.44. The zero-order chi connectivity index (χ0) is 61.9. The average Bonchev–Trinajstić information content (AvgIpc) is 3.58. The van der Waals surface area contributed by atoms with E-state index < -0.39 is 0 Å². The Morgan fingerprint density at radius 1 is 0.238 bits per heavy atom. The molecule has 0 radical (unpaired) electrons. The lowest BCUT2D eigenvalue weighted by molar-refractivity contribution is 0.170. The van der Waals surface area contributed by atoms with Gasteiger partial charge in [0.2, 0.25) is 0 Å². The van der Waals surface area contributed by atoms with Crippen molar-refractivity contribution in [2.45, 2.75) is 428 Å². The van der Waals surface area contributed by atoms with Gasteiger partial charge in [0.25, 0.3) is 0 Å². The number of hydrogen-bond acceptors (Lipinski definition) is 4. The largest absolute Gasteiger partial charge is 0.315 e. The first-order valence-electron chi connectivity index (χ1n) is 40.0. The molecule has 0 fully saturated rings. The van der Waals surface area contributed by atoms with Gasteiger partial charge in [0.05, 0.1) is 0 Å². The highest BCUT2D eigenvalue weighted by Gasteiger charge is 2.21. The maximum absolute atomic E-state index is 3.63. The molecule has 0 amide bonds. The van der Waals surface area contributed by atoms with E-state index in [4.69, 9.17) is 0 Å². The Balaban J connectivity index is -0.00000156. The summed E-state index contributed by atoms with van der Waals surface area (Å²) >= 11 is 0. The summed E-state index contributed by atoms with van der Waals surface area (Å²) in [5.41, 5.74) is 0. The third-order valence-electron chi connectivity index (χ3n) is 19.3. The second kappa shape index (κ2) is 71.9. The molecular weight excluding hydrogens is 1020 g/mol. The number of nitrogens with one attached hydrogen (secondary N) is 1. The highest BCUT2D eigenvalue weighted by Crippen LogP contribution is 2.27. The van der Waals surface area contributed by atoms with Gasteiger partial charge in [-0.15, -0.1) is 0 Å². The molecule has 1 N–H and O–H groups in total. The van der Waals surface area contributed by atoms with Crippen molar-refractivity contribution >= 4 is 0 Å². The zero-order valence-electron chi connectivity index (χ0n) is 61.3. The first-order chi connectivity index (χ1) is 41.1. The van der Waals surface area contributed by atoms with Crippen LogP contribution in [0.15, 0.2) is 0 Å². The molecule has 0 saturated carbocycles. The standard InChI is InChI=1S/2C40H84N2.H2/c1-7-11-15-19-21-27-33-39(31-25-17-13-9-3)37-42(36-30-24-23-29-35-41(5)6)38-40(32-26-18-14-10-4)34-28-22-20-16-12-8-2;1-7-11-15-19-21-26-32-39(30-24-17-13-9-3)36-42(35-29-23-28-34-41-38(5)6)37-40(31-25-18-14-10-4)33-27-22-20-16-12-8-2;/h39-40H,7-38H2,1-6H3;38-41H,7-37H2,1-6H3;1H. The number of hydrogen-bond donors (Lipinski definition) is 1. The van der Waals surface area contributed by atoms with Crippen molar-refractivity contribution < 1.29 is 1.43 Å². The van der Waals surface area contributed by atoms with Crippen LogP contribution in [0.5, 0.6) is 0 Å². The SMILES string of the molecule is CCCCCCCCC(CCCCCC)CN(CCCCCCN(C)C)CC(CCCCCC)CCCCCCCC.CCCCCCCCC(CCCCCC)CN(CCCCCNC(C)C)CC(CCCCCC)CCCCCCCC.[HH]. The molecule has 510 valence electrons. The van der Waals surface area contributed by atoms with Gasteiger partial charge in [-0.1, -0.05) is 345 Å². The number of nitrogens with zero attached hydrogens (tertiary/aromatic N) is 3. The molecule has 0 saturated heterocycles. The van der Waals surface area contributed by atoms with Crippen LogP contribution in [-0.2, 0) is 0 Å². The van der Waals surface area contributed by atoms with Gasteiger partial charge in [0.15, 0.2) is 0 Å². The Hall–Kier alpha value is -0.160. The topological polar surface area (TPSA) is 21.8 Å². The Morgan fingerprint density at radius 2 is 0.429 bits per heavy atom. The summed E-state index contributed by atoms with van der Waals surface area (Å²) < 4.78 is 0. The molecule has 0 aliphatic rings. The van der Waals surface area contributed by atoms with Gasteiger partial charge >= 0.3 is 0 Å². The fraction of sp³-hybridized carbons (Fsp3) is 1.00. The fourth-order valence-corrected chi connectivity index (χ4v) is 13.7. The Bertz CT molecular complexity index is 1010. The molecule has 0 aliphatic heterocycles.